The molecule has 0 aliphatic rings. The quantitative estimate of drug-likeness (QED) is 0.0408. The lowest BCUT2D eigenvalue weighted by atomic mass is 9.96. The van der Waals surface area contributed by atoms with E-state index in [1.165, 1.54) is 0 Å². The van der Waals surface area contributed by atoms with E-state index in [2.05, 4.69) is 47.5 Å². The molecule has 9 atom stereocenters. The van der Waals surface area contributed by atoms with Crippen LogP contribution in [-0.2, 0) is 60.8 Å². The number of carbonyl (C=O) groups excluding carboxylic acids is 8. The van der Waals surface area contributed by atoms with Gasteiger partial charge in [0.15, 0.2) is 0 Å². The number of hydrogen-bond donors (Lipinski definition) is 13. The van der Waals surface area contributed by atoms with Gasteiger partial charge in [0.05, 0.1) is 25.6 Å². The minimum atomic E-state index is -1.70. The summed E-state index contributed by atoms with van der Waals surface area (Å²) in [6.07, 6.45) is 1.37. The van der Waals surface area contributed by atoms with E-state index in [0.29, 0.717) is 28.5 Å². The fourth-order valence-corrected chi connectivity index (χ4v) is 8.01. The van der Waals surface area contributed by atoms with Crippen LogP contribution in [0.3, 0.4) is 0 Å². The van der Waals surface area contributed by atoms with E-state index in [-0.39, 0.29) is 37.5 Å². The van der Waals surface area contributed by atoms with E-state index in [9.17, 15) is 58.2 Å². The molecule has 3 aromatic rings. The first-order valence-electron chi connectivity index (χ1n) is 25.1. The molecule has 0 aliphatic heterocycles. The fourth-order valence-electron chi connectivity index (χ4n) is 8.01. The second-order valence-electron chi connectivity index (χ2n) is 19.9. The van der Waals surface area contributed by atoms with Crippen LogP contribution in [0, 0.1) is 23.7 Å². The van der Waals surface area contributed by atoms with Gasteiger partial charge in [0, 0.05) is 29.9 Å². The summed E-state index contributed by atoms with van der Waals surface area (Å²) in [6.45, 7) is 12.3. The number of benzene rings is 2. The van der Waals surface area contributed by atoms with Gasteiger partial charge in [-0.25, -0.2) is 4.79 Å². The number of aliphatic hydroxyl groups is 1. The van der Waals surface area contributed by atoms with E-state index in [1.54, 1.807) is 88.5 Å². The summed E-state index contributed by atoms with van der Waals surface area (Å²) in [5, 5.41) is 50.5. The molecule has 23 heteroatoms. The number of aromatic amines is 1. The Morgan fingerprint density at radius 3 is 1.68 bits per heavy atom. The van der Waals surface area contributed by atoms with Crippen molar-refractivity contribution >= 4 is 70.1 Å². The summed E-state index contributed by atoms with van der Waals surface area (Å²) in [5.74, 6) is -10.5. The lowest BCUT2D eigenvalue weighted by molar-refractivity contribution is -0.143. The highest BCUT2D eigenvalue weighted by molar-refractivity contribution is 5.98. The summed E-state index contributed by atoms with van der Waals surface area (Å²) >= 11 is 0. The van der Waals surface area contributed by atoms with Gasteiger partial charge in [-0.3, -0.25) is 43.2 Å². The van der Waals surface area contributed by atoms with Gasteiger partial charge in [0.1, 0.15) is 42.3 Å². The molecule has 23 nitrogen and oxygen atoms in total. The van der Waals surface area contributed by atoms with Gasteiger partial charge in [-0.15, -0.1) is 0 Å². The highest BCUT2D eigenvalue weighted by atomic mass is 16.4. The standard InChI is InChI=1S/C52H76N10O13/c1-9-30(8)44(51(73)57-36(19-27(2)3)47(69)59-39(52(74)75)20-28(4)5)61-41(64)25-55-46(68)37(21-31-15-11-10-12-16-31)56-49(71)40(26-63)60-48(70)38(22-32-24-54-35-18-14-13-17-33(32)35)58-50(72)43(29(6)7)62-45(67)34(53)23-42(65)66/h10-18,24,27-30,34,36-40,43-44,54,63H,9,19-23,25-26,53H2,1-8H3,(H,55,68)(H,56,71)(H,57,73)(H,58,72)(H,59,69)(H,60,70)(H,61,64)(H,62,67)(H,65,66)(H,74,75)/t30-,34-,36-,37-,38-,39-,40-,43-,44-/m0/s1. The van der Waals surface area contributed by atoms with Crippen LogP contribution in [0.4, 0.5) is 0 Å². The third kappa shape index (κ3) is 20.1. The molecule has 0 radical (unpaired) electrons. The van der Waals surface area contributed by atoms with Crippen molar-refractivity contribution in [2.24, 2.45) is 29.4 Å². The molecule has 0 spiro atoms. The molecule has 1 aromatic heterocycles. The highest BCUT2D eigenvalue weighted by Crippen LogP contribution is 2.20. The number of rotatable bonds is 31. The predicted molar refractivity (Wildman–Crippen MR) is 277 cm³/mol. The van der Waals surface area contributed by atoms with E-state index in [0.717, 1.165) is 0 Å². The van der Waals surface area contributed by atoms with Gasteiger partial charge >= 0.3 is 11.9 Å². The summed E-state index contributed by atoms with van der Waals surface area (Å²) in [6, 6.07) is 4.80. The number of carbonyl (C=O) groups is 10. The molecule has 412 valence electrons. The second-order valence-corrected chi connectivity index (χ2v) is 19.9. The van der Waals surface area contributed by atoms with Crippen LogP contribution in [0.15, 0.2) is 60.8 Å². The van der Waals surface area contributed by atoms with Crippen molar-refractivity contribution in [1.82, 2.24) is 47.5 Å². The van der Waals surface area contributed by atoms with E-state index in [4.69, 9.17) is 10.8 Å². The zero-order valence-corrected chi connectivity index (χ0v) is 43.9. The maximum Gasteiger partial charge on any atom is 0.326 e. The van der Waals surface area contributed by atoms with Crippen molar-refractivity contribution in [3.05, 3.63) is 71.9 Å². The number of aliphatic hydroxyl groups excluding tert-OH is 1. The molecule has 0 saturated heterocycles. The van der Waals surface area contributed by atoms with Gasteiger partial charge in [-0.05, 0) is 53.7 Å². The van der Waals surface area contributed by atoms with Crippen molar-refractivity contribution in [2.45, 2.75) is 142 Å². The molecule has 3 rings (SSSR count). The normalized spacial score (nSPS) is 14.9. The van der Waals surface area contributed by atoms with Crippen molar-refractivity contribution in [1.29, 1.82) is 0 Å². The molecular formula is C52H76N10O13. The van der Waals surface area contributed by atoms with Gasteiger partial charge in [0.25, 0.3) is 0 Å². The Kier molecular flexibility index (Phi) is 24.8. The van der Waals surface area contributed by atoms with Gasteiger partial charge in [-0.1, -0.05) is 110 Å². The van der Waals surface area contributed by atoms with Crippen LogP contribution < -0.4 is 48.3 Å². The molecule has 0 saturated carbocycles. The van der Waals surface area contributed by atoms with Crippen molar-refractivity contribution in [3.63, 3.8) is 0 Å². The molecule has 75 heavy (non-hydrogen) atoms. The first kappa shape index (κ1) is 61.9. The second kappa shape index (κ2) is 30.1. The number of aliphatic carboxylic acids is 2. The van der Waals surface area contributed by atoms with Gasteiger partial charge in [0.2, 0.25) is 47.3 Å². The Morgan fingerprint density at radius 2 is 1.09 bits per heavy atom. The molecule has 0 unspecified atom stereocenters. The minimum Gasteiger partial charge on any atom is -0.481 e. The summed E-state index contributed by atoms with van der Waals surface area (Å²) in [5.41, 5.74) is 7.63. The summed E-state index contributed by atoms with van der Waals surface area (Å²) in [7, 11) is 0. The van der Waals surface area contributed by atoms with Crippen molar-refractivity contribution < 1.29 is 63.3 Å². The minimum absolute atomic E-state index is 0.0516. The van der Waals surface area contributed by atoms with Gasteiger partial charge < -0.3 is 68.6 Å². The van der Waals surface area contributed by atoms with Crippen LogP contribution in [0.1, 0.15) is 92.2 Å². The smallest absolute Gasteiger partial charge is 0.326 e. The van der Waals surface area contributed by atoms with E-state index in [1.807, 2.05) is 27.7 Å². The van der Waals surface area contributed by atoms with Crippen LogP contribution >= 0.6 is 0 Å². The number of amides is 8. The number of nitrogens with two attached hydrogens (primary N) is 1. The zero-order valence-electron chi connectivity index (χ0n) is 43.9. The van der Waals surface area contributed by atoms with Crippen LogP contribution in [0.2, 0.25) is 0 Å². The number of carboxylic acid groups (broad SMARTS) is 2. The lowest BCUT2D eigenvalue weighted by Gasteiger charge is -2.28. The molecule has 1 heterocycles. The number of para-hydroxylation sites is 1. The van der Waals surface area contributed by atoms with Crippen molar-refractivity contribution in [2.75, 3.05) is 13.2 Å². The molecular weight excluding hydrogens is 973 g/mol. The Bertz CT molecular complexity index is 2450. The largest absolute Gasteiger partial charge is 0.481 e. The number of aromatic nitrogens is 1. The third-order valence-electron chi connectivity index (χ3n) is 12.3. The summed E-state index contributed by atoms with van der Waals surface area (Å²) < 4.78 is 0. The Hall–Kier alpha value is -7.40. The predicted octanol–water partition coefficient (Wildman–Crippen LogP) is 0.136. The molecule has 2 aromatic carbocycles. The zero-order chi connectivity index (χ0) is 56.1. The van der Waals surface area contributed by atoms with Crippen LogP contribution in [-0.4, -0.2) is 141 Å². The Balaban J connectivity index is 1.83. The van der Waals surface area contributed by atoms with E-state index < -0.39 is 139 Å². The fraction of sp³-hybridized carbons (Fsp3) is 0.538. The van der Waals surface area contributed by atoms with Crippen molar-refractivity contribution in [3.8, 4) is 0 Å². The van der Waals surface area contributed by atoms with Crippen LogP contribution in [0.25, 0.3) is 10.9 Å². The Morgan fingerprint density at radius 1 is 0.573 bits per heavy atom. The molecule has 0 bridgehead atoms. The molecule has 0 aliphatic carbocycles. The monoisotopic (exact) mass is 1050 g/mol. The van der Waals surface area contributed by atoms with Gasteiger partial charge in [-0.2, -0.15) is 0 Å². The maximum atomic E-state index is 14.2. The average Bonchev–Trinajstić information content (AvgIpc) is 3.76. The maximum absolute atomic E-state index is 14.2. The number of H-pyrrole nitrogens is 1. The van der Waals surface area contributed by atoms with Crippen LogP contribution in [0.5, 0.6) is 0 Å². The third-order valence-corrected chi connectivity index (χ3v) is 12.3. The number of hydrogen-bond acceptors (Lipinski definition) is 12. The molecule has 0 fully saturated rings. The topological polar surface area (TPSA) is 369 Å². The molecule has 14 N–H and O–H groups in total. The first-order chi connectivity index (χ1) is 35.3. The highest BCUT2D eigenvalue weighted by Gasteiger charge is 2.35. The number of nitrogens with one attached hydrogen (secondary N) is 9. The molecule has 8 amide bonds. The SMILES string of the molecule is CC[C@H](C)[C@H](NC(=O)CNC(=O)[C@H](Cc1ccccc1)NC(=O)[C@H](CO)NC(=O)[C@H](Cc1c[nH]c2ccccc12)NC(=O)[C@@H](NC(=O)[C@@H](N)CC(=O)O)C(C)C)C(=O)N[C@@H](CC(C)C)C(=O)N[C@@H](CC(C)C)C(=O)O. The lowest BCUT2D eigenvalue weighted by Crippen LogP contribution is -2.61. The first-order valence-corrected chi connectivity index (χ1v) is 25.1. The average molecular weight is 1050 g/mol. The number of fused-ring (bicyclic) bond motifs is 1. The summed E-state index contributed by atoms with van der Waals surface area (Å²) in [4.78, 5) is 136. The Labute approximate surface area is 436 Å². The van der Waals surface area contributed by atoms with E-state index >= 15 is 0 Å². The number of carboxylic acids is 2.